The highest BCUT2D eigenvalue weighted by molar-refractivity contribution is 7.83. The SMILES string of the molecule is COc1ccc(CS(C)=O)cc1CN. The van der Waals surface area contributed by atoms with E-state index in [2.05, 4.69) is 0 Å². The van der Waals surface area contributed by atoms with E-state index in [0.29, 0.717) is 12.3 Å². The number of benzene rings is 1. The third-order valence-corrected chi connectivity index (χ3v) is 2.67. The van der Waals surface area contributed by atoms with E-state index in [0.717, 1.165) is 16.9 Å². The van der Waals surface area contributed by atoms with Crippen molar-refractivity contribution in [1.29, 1.82) is 0 Å². The van der Waals surface area contributed by atoms with Crippen LogP contribution < -0.4 is 10.5 Å². The molecule has 0 saturated carbocycles. The van der Waals surface area contributed by atoms with Crippen molar-refractivity contribution in [2.45, 2.75) is 12.3 Å². The number of rotatable bonds is 4. The predicted molar refractivity (Wildman–Crippen MR) is 58.7 cm³/mol. The third kappa shape index (κ3) is 2.82. The van der Waals surface area contributed by atoms with Crippen molar-refractivity contribution in [2.75, 3.05) is 13.4 Å². The average Bonchev–Trinajstić information content (AvgIpc) is 2.16. The number of ether oxygens (including phenoxy) is 1. The molecule has 0 aliphatic carbocycles. The van der Waals surface area contributed by atoms with Crippen molar-refractivity contribution >= 4 is 10.8 Å². The van der Waals surface area contributed by atoms with Gasteiger partial charge in [-0.15, -0.1) is 0 Å². The monoisotopic (exact) mass is 213 g/mol. The molecule has 0 heterocycles. The van der Waals surface area contributed by atoms with Crippen molar-refractivity contribution in [3.05, 3.63) is 29.3 Å². The van der Waals surface area contributed by atoms with Crippen LogP contribution in [0.2, 0.25) is 0 Å². The van der Waals surface area contributed by atoms with E-state index in [4.69, 9.17) is 10.5 Å². The van der Waals surface area contributed by atoms with Gasteiger partial charge in [-0.05, 0) is 17.7 Å². The molecule has 2 N–H and O–H groups in total. The maximum Gasteiger partial charge on any atom is 0.123 e. The maximum atomic E-state index is 11.0. The van der Waals surface area contributed by atoms with E-state index in [1.54, 1.807) is 13.4 Å². The van der Waals surface area contributed by atoms with Gasteiger partial charge in [-0.1, -0.05) is 6.07 Å². The molecule has 4 heteroatoms. The Morgan fingerprint density at radius 2 is 2.21 bits per heavy atom. The van der Waals surface area contributed by atoms with E-state index >= 15 is 0 Å². The van der Waals surface area contributed by atoms with Crippen LogP contribution in [0, 0.1) is 0 Å². The zero-order valence-electron chi connectivity index (χ0n) is 8.45. The Morgan fingerprint density at radius 1 is 1.50 bits per heavy atom. The van der Waals surface area contributed by atoms with Crippen LogP contribution >= 0.6 is 0 Å². The fourth-order valence-corrected chi connectivity index (χ4v) is 1.96. The molecule has 0 spiro atoms. The lowest BCUT2D eigenvalue weighted by Gasteiger charge is -2.08. The second kappa shape index (κ2) is 5.12. The number of hydrogen-bond acceptors (Lipinski definition) is 3. The first-order valence-corrected chi connectivity index (χ1v) is 6.06. The summed E-state index contributed by atoms with van der Waals surface area (Å²) in [4.78, 5) is 0. The van der Waals surface area contributed by atoms with Crippen LogP contribution in [0.3, 0.4) is 0 Å². The minimum Gasteiger partial charge on any atom is -0.496 e. The Morgan fingerprint density at radius 3 is 2.71 bits per heavy atom. The van der Waals surface area contributed by atoms with Crippen LogP contribution in [0.4, 0.5) is 0 Å². The first-order chi connectivity index (χ1) is 6.67. The molecule has 0 radical (unpaired) electrons. The molecule has 1 rings (SSSR count). The van der Waals surface area contributed by atoms with Gasteiger partial charge in [0.1, 0.15) is 5.75 Å². The summed E-state index contributed by atoms with van der Waals surface area (Å²) in [5.74, 6) is 1.36. The molecular weight excluding hydrogens is 198 g/mol. The molecule has 1 aromatic carbocycles. The van der Waals surface area contributed by atoms with Crippen LogP contribution in [0.15, 0.2) is 18.2 Å². The van der Waals surface area contributed by atoms with Crippen LogP contribution in [-0.2, 0) is 23.1 Å². The molecule has 0 bridgehead atoms. The van der Waals surface area contributed by atoms with Gasteiger partial charge in [-0.3, -0.25) is 4.21 Å². The molecule has 3 nitrogen and oxygen atoms in total. The van der Waals surface area contributed by atoms with E-state index in [1.807, 2.05) is 18.2 Å². The van der Waals surface area contributed by atoms with Gasteiger partial charge >= 0.3 is 0 Å². The Hall–Kier alpha value is -0.870. The summed E-state index contributed by atoms with van der Waals surface area (Å²) >= 11 is 0. The first-order valence-electron chi connectivity index (χ1n) is 4.33. The van der Waals surface area contributed by atoms with Crippen molar-refractivity contribution in [2.24, 2.45) is 5.73 Å². The highest BCUT2D eigenvalue weighted by atomic mass is 32.2. The van der Waals surface area contributed by atoms with Gasteiger partial charge in [-0.2, -0.15) is 0 Å². The molecule has 1 atom stereocenters. The average molecular weight is 213 g/mol. The van der Waals surface area contributed by atoms with Crippen molar-refractivity contribution in [3.63, 3.8) is 0 Å². The summed E-state index contributed by atoms with van der Waals surface area (Å²) in [5, 5.41) is 0. The molecule has 0 aromatic heterocycles. The topological polar surface area (TPSA) is 52.3 Å². The molecule has 0 fully saturated rings. The highest BCUT2D eigenvalue weighted by Gasteiger charge is 2.03. The summed E-state index contributed by atoms with van der Waals surface area (Å²) in [5.41, 5.74) is 7.56. The molecular formula is C10H15NO2S. The quantitative estimate of drug-likeness (QED) is 0.812. The van der Waals surface area contributed by atoms with Gasteiger partial charge in [-0.25, -0.2) is 0 Å². The van der Waals surface area contributed by atoms with Crippen molar-refractivity contribution < 1.29 is 8.95 Å². The van der Waals surface area contributed by atoms with Crippen LogP contribution in [0.5, 0.6) is 5.75 Å². The van der Waals surface area contributed by atoms with Crippen LogP contribution in [-0.4, -0.2) is 17.6 Å². The minimum atomic E-state index is -0.817. The smallest absolute Gasteiger partial charge is 0.123 e. The van der Waals surface area contributed by atoms with Gasteiger partial charge in [0.05, 0.1) is 7.11 Å². The summed E-state index contributed by atoms with van der Waals surface area (Å²) in [7, 11) is 0.800. The summed E-state index contributed by atoms with van der Waals surface area (Å²) in [6.07, 6.45) is 1.69. The molecule has 0 aliphatic rings. The van der Waals surface area contributed by atoms with Crippen LogP contribution in [0.1, 0.15) is 11.1 Å². The Labute approximate surface area is 86.7 Å². The fourth-order valence-electron chi connectivity index (χ4n) is 1.32. The normalized spacial score (nSPS) is 12.5. The fraction of sp³-hybridized carbons (Fsp3) is 0.400. The minimum absolute atomic E-state index is 0.438. The number of nitrogens with two attached hydrogens (primary N) is 1. The summed E-state index contributed by atoms with van der Waals surface area (Å²) in [6.45, 7) is 0.438. The molecule has 0 saturated heterocycles. The number of methoxy groups -OCH3 is 1. The van der Waals surface area contributed by atoms with E-state index in [1.165, 1.54) is 0 Å². The molecule has 14 heavy (non-hydrogen) atoms. The standard InChI is InChI=1S/C10H15NO2S/c1-13-10-4-3-8(7-14(2)12)5-9(10)6-11/h3-5H,6-7,11H2,1-2H3. The summed E-state index contributed by atoms with van der Waals surface area (Å²) < 4.78 is 16.2. The molecule has 0 amide bonds. The zero-order chi connectivity index (χ0) is 10.6. The van der Waals surface area contributed by atoms with Crippen molar-refractivity contribution in [3.8, 4) is 5.75 Å². The van der Waals surface area contributed by atoms with Crippen LogP contribution in [0.25, 0.3) is 0 Å². The van der Waals surface area contributed by atoms with Gasteiger partial charge in [0.2, 0.25) is 0 Å². The number of hydrogen-bond donors (Lipinski definition) is 1. The summed E-state index contributed by atoms with van der Waals surface area (Å²) in [6, 6.07) is 5.73. The van der Waals surface area contributed by atoms with E-state index < -0.39 is 10.8 Å². The van der Waals surface area contributed by atoms with Gasteiger partial charge in [0.25, 0.3) is 0 Å². The lowest BCUT2D eigenvalue weighted by atomic mass is 10.1. The Bertz CT molecular complexity index is 339. The second-order valence-corrected chi connectivity index (χ2v) is 4.50. The molecule has 78 valence electrons. The maximum absolute atomic E-state index is 11.0. The van der Waals surface area contributed by atoms with E-state index in [9.17, 15) is 4.21 Å². The lowest BCUT2D eigenvalue weighted by Crippen LogP contribution is -2.02. The third-order valence-electron chi connectivity index (χ3n) is 1.93. The predicted octanol–water partition coefficient (Wildman–Crippen LogP) is 1.03. The largest absolute Gasteiger partial charge is 0.496 e. The lowest BCUT2D eigenvalue weighted by molar-refractivity contribution is 0.409. The molecule has 1 aromatic rings. The Balaban J connectivity index is 2.95. The van der Waals surface area contributed by atoms with Crippen molar-refractivity contribution in [1.82, 2.24) is 0 Å². The Kier molecular flexibility index (Phi) is 4.10. The highest BCUT2D eigenvalue weighted by Crippen LogP contribution is 2.19. The van der Waals surface area contributed by atoms with E-state index in [-0.39, 0.29) is 0 Å². The van der Waals surface area contributed by atoms with Gasteiger partial charge in [0.15, 0.2) is 0 Å². The second-order valence-electron chi connectivity index (χ2n) is 3.07. The first kappa shape index (κ1) is 11.2. The molecule has 0 aliphatic heterocycles. The molecule has 1 unspecified atom stereocenters. The van der Waals surface area contributed by atoms with Gasteiger partial charge < -0.3 is 10.5 Å². The van der Waals surface area contributed by atoms with Gasteiger partial charge in [0, 0.05) is 34.9 Å². The zero-order valence-corrected chi connectivity index (χ0v) is 9.26.